The molecular weight excluding hydrogens is 280 g/mol. The van der Waals surface area contributed by atoms with Gasteiger partial charge in [-0.25, -0.2) is 0 Å². The maximum atomic E-state index is 4.52. The van der Waals surface area contributed by atoms with Gasteiger partial charge in [0, 0.05) is 51.5 Å². The van der Waals surface area contributed by atoms with Gasteiger partial charge in [-0.1, -0.05) is 0 Å². The van der Waals surface area contributed by atoms with Crippen molar-refractivity contribution >= 4 is 21.6 Å². The molecule has 0 bridgehead atoms. The SMILES string of the molecule is CC(NCCN1CCN(C)CC1)c1cnc2ccsc2c1. The van der Waals surface area contributed by atoms with Crippen LogP contribution in [-0.4, -0.2) is 61.1 Å². The monoisotopic (exact) mass is 304 g/mol. The first kappa shape index (κ1) is 14.9. The minimum Gasteiger partial charge on any atom is -0.309 e. The fraction of sp³-hybridized carbons (Fsp3) is 0.562. The van der Waals surface area contributed by atoms with Crippen LogP contribution >= 0.6 is 11.3 Å². The molecule has 1 N–H and O–H groups in total. The lowest BCUT2D eigenvalue weighted by Crippen LogP contribution is -2.46. The van der Waals surface area contributed by atoms with Gasteiger partial charge in [0.2, 0.25) is 0 Å². The summed E-state index contributed by atoms with van der Waals surface area (Å²) in [4.78, 5) is 9.46. The van der Waals surface area contributed by atoms with Crippen molar-refractivity contribution in [1.82, 2.24) is 20.1 Å². The molecule has 1 fully saturated rings. The molecule has 1 aliphatic heterocycles. The van der Waals surface area contributed by atoms with E-state index in [0.29, 0.717) is 6.04 Å². The average Bonchev–Trinajstić information content (AvgIpc) is 2.96. The highest BCUT2D eigenvalue weighted by Crippen LogP contribution is 2.22. The smallest absolute Gasteiger partial charge is 0.0809 e. The van der Waals surface area contributed by atoms with Crippen molar-refractivity contribution in [3.8, 4) is 0 Å². The Hall–Kier alpha value is -1.01. The molecule has 2 aromatic heterocycles. The Labute approximate surface area is 130 Å². The van der Waals surface area contributed by atoms with E-state index in [2.05, 4.69) is 51.6 Å². The number of rotatable bonds is 5. The first-order valence-electron chi connectivity index (χ1n) is 7.70. The molecule has 0 aromatic carbocycles. The summed E-state index contributed by atoms with van der Waals surface area (Å²) < 4.78 is 1.28. The van der Waals surface area contributed by atoms with Gasteiger partial charge in [0.05, 0.1) is 10.2 Å². The number of piperazine rings is 1. The molecule has 0 radical (unpaired) electrons. The number of nitrogens with one attached hydrogen (secondary N) is 1. The van der Waals surface area contributed by atoms with Gasteiger partial charge in [0.15, 0.2) is 0 Å². The summed E-state index contributed by atoms with van der Waals surface area (Å²) in [7, 11) is 2.20. The molecule has 0 aliphatic carbocycles. The molecule has 21 heavy (non-hydrogen) atoms. The largest absolute Gasteiger partial charge is 0.309 e. The lowest BCUT2D eigenvalue weighted by molar-refractivity contribution is 0.154. The molecular formula is C16H24N4S. The minimum absolute atomic E-state index is 0.358. The number of likely N-dealkylation sites (N-methyl/N-ethyl adjacent to an activating group) is 1. The molecule has 1 aliphatic rings. The summed E-state index contributed by atoms with van der Waals surface area (Å²) in [5.74, 6) is 0. The first-order valence-corrected chi connectivity index (χ1v) is 8.58. The van der Waals surface area contributed by atoms with E-state index in [1.165, 1.54) is 36.4 Å². The molecule has 1 unspecified atom stereocenters. The van der Waals surface area contributed by atoms with E-state index in [-0.39, 0.29) is 0 Å². The van der Waals surface area contributed by atoms with Crippen molar-refractivity contribution in [2.75, 3.05) is 46.3 Å². The third-order valence-electron chi connectivity index (χ3n) is 4.30. The molecule has 0 saturated carbocycles. The Morgan fingerprint density at radius 1 is 1.33 bits per heavy atom. The summed E-state index contributed by atoms with van der Waals surface area (Å²) >= 11 is 1.76. The molecule has 0 amide bonds. The molecule has 2 aromatic rings. The summed E-state index contributed by atoms with van der Waals surface area (Å²) in [5.41, 5.74) is 2.39. The van der Waals surface area contributed by atoms with Crippen molar-refractivity contribution < 1.29 is 0 Å². The van der Waals surface area contributed by atoms with Gasteiger partial charge < -0.3 is 10.2 Å². The summed E-state index contributed by atoms with van der Waals surface area (Å²) in [6, 6.07) is 4.70. The minimum atomic E-state index is 0.358. The number of fused-ring (bicyclic) bond motifs is 1. The van der Waals surface area contributed by atoms with Crippen LogP contribution in [0.4, 0.5) is 0 Å². The summed E-state index contributed by atoms with van der Waals surface area (Å²) in [5, 5.41) is 5.73. The Kier molecular flexibility index (Phi) is 4.85. The number of hydrogen-bond donors (Lipinski definition) is 1. The highest BCUT2D eigenvalue weighted by molar-refractivity contribution is 7.17. The van der Waals surface area contributed by atoms with Crippen molar-refractivity contribution in [1.29, 1.82) is 0 Å². The van der Waals surface area contributed by atoms with Crippen LogP contribution in [-0.2, 0) is 0 Å². The predicted molar refractivity (Wildman–Crippen MR) is 90.0 cm³/mol. The zero-order valence-electron chi connectivity index (χ0n) is 12.9. The quantitative estimate of drug-likeness (QED) is 0.917. The standard InChI is InChI=1S/C16H24N4S/c1-13(14-11-16-15(18-12-14)3-10-21-16)17-4-5-20-8-6-19(2)7-9-20/h3,10-13,17H,4-9H2,1-2H3. The highest BCUT2D eigenvalue weighted by Gasteiger charge is 2.13. The van der Waals surface area contributed by atoms with Gasteiger partial charge in [-0.15, -0.1) is 11.3 Å². The maximum Gasteiger partial charge on any atom is 0.0809 e. The zero-order chi connectivity index (χ0) is 14.7. The van der Waals surface area contributed by atoms with Crippen LogP contribution in [0.5, 0.6) is 0 Å². The molecule has 3 heterocycles. The van der Waals surface area contributed by atoms with Gasteiger partial charge in [-0.05, 0) is 37.0 Å². The molecule has 5 heteroatoms. The molecule has 114 valence electrons. The van der Waals surface area contributed by atoms with E-state index in [1.807, 2.05) is 6.20 Å². The van der Waals surface area contributed by atoms with Crippen LogP contribution < -0.4 is 5.32 Å². The van der Waals surface area contributed by atoms with Crippen LogP contribution in [0, 0.1) is 0 Å². The van der Waals surface area contributed by atoms with E-state index in [1.54, 1.807) is 11.3 Å². The highest BCUT2D eigenvalue weighted by atomic mass is 32.1. The van der Waals surface area contributed by atoms with E-state index in [9.17, 15) is 0 Å². The predicted octanol–water partition coefficient (Wildman–Crippen LogP) is 2.19. The number of aromatic nitrogens is 1. The van der Waals surface area contributed by atoms with E-state index in [0.717, 1.165) is 18.6 Å². The fourth-order valence-corrected chi connectivity index (χ4v) is 3.52. The van der Waals surface area contributed by atoms with Gasteiger partial charge in [-0.2, -0.15) is 0 Å². The third-order valence-corrected chi connectivity index (χ3v) is 5.15. The van der Waals surface area contributed by atoms with Crippen LogP contribution in [0.2, 0.25) is 0 Å². The van der Waals surface area contributed by atoms with Crippen LogP contribution in [0.3, 0.4) is 0 Å². The normalized spacial score (nSPS) is 19.1. The Morgan fingerprint density at radius 3 is 2.95 bits per heavy atom. The zero-order valence-corrected chi connectivity index (χ0v) is 13.7. The number of nitrogens with zero attached hydrogens (tertiary/aromatic N) is 3. The molecule has 1 atom stereocenters. The second-order valence-corrected chi connectivity index (χ2v) is 6.84. The van der Waals surface area contributed by atoms with Gasteiger partial charge in [0.1, 0.15) is 0 Å². The Morgan fingerprint density at radius 2 is 2.14 bits per heavy atom. The Balaban J connectivity index is 1.48. The van der Waals surface area contributed by atoms with Gasteiger partial charge in [-0.3, -0.25) is 9.88 Å². The van der Waals surface area contributed by atoms with E-state index >= 15 is 0 Å². The lowest BCUT2D eigenvalue weighted by atomic mass is 10.1. The molecule has 0 spiro atoms. The molecule has 1 saturated heterocycles. The van der Waals surface area contributed by atoms with E-state index in [4.69, 9.17) is 0 Å². The van der Waals surface area contributed by atoms with Crippen molar-refractivity contribution in [2.45, 2.75) is 13.0 Å². The van der Waals surface area contributed by atoms with Crippen molar-refractivity contribution in [3.05, 3.63) is 29.3 Å². The second kappa shape index (κ2) is 6.83. The lowest BCUT2D eigenvalue weighted by Gasteiger charge is -2.32. The first-order chi connectivity index (χ1) is 10.2. The van der Waals surface area contributed by atoms with E-state index < -0.39 is 0 Å². The van der Waals surface area contributed by atoms with Crippen LogP contribution in [0.15, 0.2) is 23.7 Å². The number of hydrogen-bond acceptors (Lipinski definition) is 5. The van der Waals surface area contributed by atoms with Crippen molar-refractivity contribution in [3.63, 3.8) is 0 Å². The molecule has 4 nitrogen and oxygen atoms in total. The van der Waals surface area contributed by atoms with Crippen molar-refractivity contribution in [2.24, 2.45) is 0 Å². The summed E-state index contributed by atoms with van der Waals surface area (Å²) in [6.07, 6.45) is 2.00. The second-order valence-electron chi connectivity index (χ2n) is 5.89. The Bertz CT molecular complexity index is 574. The number of pyridine rings is 1. The van der Waals surface area contributed by atoms with Gasteiger partial charge >= 0.3 is 0 Å². The van der Waals surface area contributed by atoms with Crippen LogP contribution in [0.1, 0.15) is 18.5 Å². The van der Waals surface area contributed by atoms with Gasteiger partial charge in [0.25, 0.3) is 0 Å². The van der Waals surface area contributed by atoms with Crippen LogP contribution in [0.25, 0.3) is 10.2 Å². The molecule has 3 rings (SSSR count). The summed E-state index contributed by atoms with van der Waals surface area (Å²) in [6.45, 7) is 9.15. The topological polar surface area (TPSA) is 31.4 Å². The third kappa shape index (κ3) is 3.80. The number of thiophene rings is 1. The maximum absolute atomic E-state index is 4.52. The fourth-order valence-electron chi connectivity index (χ4n) is 2.73. The average molecular weight is 304 g/mol.